The molecule has 2 saturated heterocycles. The van der Waals surface area contributed by atoms with Gasteiger partial charge in [-0.25, -0.2) is 4.98 Å². The molecule has 3 heterocycles. The van der Waals surface area contributed by atoms with Gasteiger partial charge in [0, 0.05) is 24.2 Å². The molecule has 0 bridgehead atoms. The van der Waals surface area contributed by atoms with Gasteiger partial charge in [0.2, 0.25) is 5.91 Å². The predicted molar refractivity (Wildman–Crippen MR) is 94.7 cm³/mol. The van der Waals surface area contributed by atoms with Gasteiger partial charge in [-0.1, -0.05) is 0 Å². The Balaban J connectivity index is 0.00000192. The van der Waals surface area contributed by atoms with Crippen LogP contribution in [0.2, 0.25) is 0 Å². The van der Waals surface area contributed by atoms with Crippen LogP contribution in [0.1, 0.15) is 30.6 Å². The van der Waals surface area contributed by atoms with Crippen LogP contribution < -0.4 is 10.6 Å². The van der Waals surface area contributed by atoms with Crippen LogP contribution >= 0.6 is 23.7 Å². The van der Waals surface area contributed by atoms with Crippen molar-refractivity contribution in [2.45, 2.75) is 31.7 Å². The van der Waals surface area contributed by atoms with Gasteiger partial charge in [0.25, 0.3) is 0 Å². The van der Waals surface area contributed by atoms with Gasteiger partial charge < -0.3 is 15.4 Å². The van der Waals surface area contributed by atoms with E-state index >= 15 is 0 Å². The topological polar surface area (TPSA) is 66.5 Å². The van der Waals surface area contributed by atoms with Gasteiger partial charge in [0.15, 0.2) is 5.13 Å². The number of nitrogens with zero attached hydrogens (tertiary/aromatic N) is 2. The first-order valence-corrected chi connectivity index (χ1v) is 8.85. The quantitative estimate of drug-likeness (QED) is 0.855. The van der Waals surface area contributed by atoms with Crippen molar-refractivity contribution >= 4 is 34.8 Å². The molecular formula is C15H25ClN4O2S. The average Bonchev–Trinajstić information content (AvgIpc) is 3.04. The Morgan fingerprint density at radius 3 is 2.83 bits per heavy atom. The number of hydrogen-bond donors (Lipinski definition) is 2. The van der Waals surface area contributed by atoms with Crippen LogP contribution in [-0.2, 0) is 9.53 Å². The second-order valence-electron chi connectivity index (χ2n) is 5.91. The number of thiazole rings is 1. The van der Waals surface area contributed by atoms with Crippen molar-refractivity contribution in [2.24, 2.45) is 0 Å². The molecule has 1 aromatic heterocycles. The standard InChI is InChI=1S/C15H24N4O2S.ClH/c1-11(19-6-8-21-9-7-19)14(20)18-15-17-10-13(22-15)12-2-4-16-5-3-12;/h10-12,16H,2-9H2,1H3,(H,17,18,20);1H. The van der Waals surface area contributed by atoms with Crippen molar-refractivity contribution in [1.82, 2.24) is 15.2 Å². The maximum Gasteiger partial charge on any atom is 0.243 e. The van der Waals surface area contributed by atoms with Crippen molar-refractivity contribution in [2.75, 3.05) is 44.7 Å². The number of morpholine rings is 1. The van der Waals surface area contributed by atoms with E-state index in [9.17, 15) is 4.79 Å². The zero-order valence-electron chi connectivity index (χ0n) is 13.4. The highest BCUT2D eigenvalue weighted by Gasteiger charge is 2.24. The molecule has 0 spiro atoms. The number of nitrogens with one attached hydrogen (secondary N) is 2. The number of carbonyl (C=O) groups is 1. The minimum Gasteiger partial charge on any atom is -0.379 e. The first-order valence-electron chi connectivity index (χ1n) is 8.03. The lowest BCUT2D eigenvalue weighted by Gasteiger charge is -2.31. The van der Waals surface area contributed by atoms with E-state index in [-0.39, 0.29) is 24.4 Å². The van der Waals surface area contributed by atoms with Crippen LogP contribution in [-0.4, -0.2) is 61.2 Å². The maximum atomic E-state index is 12.4. The lowest BCUT2D eigenvalue weighted by molar-refractivity contribution is -0.122. The monoisotopic (exact) mass is 360 g/mol. The molecule has 2 fully saturated rings. The van der Waals surface area contributed by atoms with Gasteiger partial charge in [-0.15, -0.1) is 23.7 Å². The third-order valence-electron chi connectivity index (χ3n) is 4.47. The van der Waals surface area contributed by atoms with Crippen LogP contribution in [0.3, 0.4) is 0 Å². The zero-order valence-corrected chi connectivity index (χ0v) is 15.0. The summed E-state index contributed by atoms with van der Waals surface area (Å²) < 4.78 is 5.33. The van der Waals surface area contributed by atoms with E-state index in [0.717, 1.165) is 44.2 Å². The Morgan fingerprint density at radius 2 is 2.13 bits per heavy atom. The molecule has 0 saturated carbocycles. The number of halogens is 1. The molecule has 23 heavy (non-hydrogen) atoms. The molecule has 2 N–H and O–H groups in total. The lowest BCUT2D eigenvalue weighted by atomic mass is 9.97. The highest BCUT2D eigenvalue weighted by molar-refractivity contribution is 7.15. The molecule has 130 valence electrons. The molecule has 1 unspecified atom stereocenters. The van der Waals surface area contributed by atoms with E-state index in [1.165, 1.54) is 4.88 Å². The fourth-order valence-corrected chi connectivity index (χ4v) is 3.97. The number of amides is 1. The summed E-state index contributed by atoms with van der Waals surface area (Å²) in [4.78, 5) is 20.2. The molecule has 2 aliphatic heterocycles. The van der Waals surface area contributed by atoms with Gasteiger partial charge >= 0.3 is 0 Å². The Morgan fingerprint density at radius 1 is 1.43 bits per heavy atom. The summed E-state index contributed by atoms with van der Waals surface area (Å²) in [5, 5.41) is 7.06. The highest BCUT2D eigenvalue weighted by atomic mass is 35.5. The van der Waals surface area contributed by atoms with Crippen LogP contribution in [0.5, 0.6) is 0 Å². The second-order valence-corrected chi connectivity index (χ2v) is 6.97. The van der Waals surface area contributed by atoms with E-state index in [1.54, 1.807) is 11.3 Å². The van der Waals surface area contributed by atoms with E-state index in [0.29, 0.717) is 19.1 Å². The van der Waals surface area contributed by atoms with Crippen LogP contribution in [0, 0.1) is 0 Å². The molecule has 8 heteroatoms. The molecule has 3 rings (SSSR count). The lowest BCUT2D eigenvalue weighted by Crippen LogP contribution is -2.47. The third kappa shape index (κ3) is 4.87. The van der Waals surface area contributed by atoms with Crippen molar-refractivity contribution in [3.05, 3.63) is 11.1 Å². The Labute approximate surface area is 147 Å². The number of rotatable bonds is 4. The van der Waals surface area contributed by atoms with E-state index in [4.69, 9.17) is 4.74 Å². The summed E-state index contributed by atoms with van der Waals surface area (Å²) >= 11 is 1.62. The summed E-state index contributed by atoms with van der Waals surface area (Å²) in [7, 11) is 0. The smallest absolute Gasteiger partial charge is 0.243 e. The highest BCUT2D eigenvalue weighted by Crippen LogP contribution is 2.31. The Hall–Kier alpha value is -0.730. The summed E-state index contributed by atoms with van der Waals surface area (Å²) in [5.41, 5.74) is 0. The molecule has 1 amide bonds. The number of aromatic nitrogens is 1. The van der Waals surface area contributed by atoms with E-state index < -0.39 is 0 Å². The first kappa shape index (κ1) is 18.6. The van der Waals surface area contributed by atoms with Gasteiger partial charge in [-0.05, 0) is 38.8 Å². The van der Waals surface area contributed by atoms with Gasteiger partial charge in [-0.3, -0.25) is 9.69 Å². The molecule has 6 nitrogen and oxygen atoms in total. The molecule has 2 aliphatic rings. The summed E-state index contributed by atoms with van der Waals surface area (Å²) in [6.07, 6.45) is 4.23. The van der Waals surface area contributed by atoms with Crippen molar-refractivity contribution in [3.8, 4) is 0 Å². The van der Waals surface area contributed by atoms with Crippen LogP contribution in [0.4, 0.5) is 5.13 Å². The number of ether oxygens (including phenoxy) is 1. The molecule has 1 aromatic rings. The van der Waals surface area contributed by atoms with E-state index in [2.05, 4.69) is 20.5 Å². The normalized spacial score (nSPS) is 21.4. The van der Waals surface area contributed by atoms with E-state index in [1.807, 2.05) is 13.1 Å². The Kier molecular flexibility index (Phi) is 7.23. The van der Waals surface area contributed by atoms with Gasteiger partial charge in [0.1, 0.15) is 0 Å². The molecule has 0 radical (unpaired) electrons. The Bertz CT molecular complexity index is 501. The summed E-state index contributed by atoms with van der Waals surface area (Å²) in [5.74, 6) is 0.606. The first-order chi connectivity index (χ1) is 10.7. The minimum atomic E-state index is -0.143. The average molecular weight is 361 g/mol. The third-order valence-corrected chi connectivity index (χ3v) is 5.54. The number of hydrogen-bond acceptors (Lipinski definition) is 6. The predicted octanol–water partition coefficient (Wildman–Crippen LogP) is 1.69. The fourth-order valence-electron chi connectivity index (χ4n) is 2.98. The van der Waals surface area contributed by atoms with Gasteiger partial charge in [-0.2, -0.15) is 0 Å². The summed E-state index contributed by atoms with van der Waals surface area (Å²) in [6, 6.07) is -0.143. The number of anilines is 1. The van der Waals surface area contributed by atoms with Crippen molar-refractivity contribution in [3.63, 3.8) is 0 Å². The maximum absolute atomic E-state index is 12.4. The van der Waals surface area contributed by atoms with Crippen molar-refractivity contribution in [1.29, 1.82) is 0 Å². The molecule has 0 aromatic carbocycles. The number of carbonyl (C=O) groups excluding carboxylic acids is 1. The largest absolute Gasteiger partial charge is 0.379 e. The second kappa shape index (κ2) is 8.94. The SMILES string of the molecule is CC(C(=O)Nc1ncc(C2CCNCC2)s1)N1CCOCC1.Cl. The van der Waals surface area contributed by atoms with Crippen molar-refractivity contribution < 1.29 is 9.53 Å². The number of piperidine rings is 1. The fraction of sp³-hybridized carbons (Fsp3) is 0.733. The summed E-state index contributed by atoms with van der Waals surface area (Å²) in [6.45, 7) is 7.11. The van der Waals surface area contributed by atoms with Crippen LogP contribution in [0.25, 0.3) is 0 Å². The van der Waals surface area contributed by atoms with Crippen LogP contribution in [0.15, 0.2) is 6.20 Å². The minimum absolute atomic E-state index is 0. The molecule has 0 aliphatic carbocycles. The van der Waals surface area contributed by atoms with Gasteiger partial charge in [0.05, 0.1) is 19.3 Å². The molecule has 1 atom stereocenters. The molecular weight excluding hydrogens is 336 g/mol. The zero-order chi connectivity index (χ0) is 15.4.